The van der Waals surface area contributed by atoms with E-state index in [2.05, 4.69) is 5.32 Å². The average Bonchev–Trinajstić information content (AvgIpc) is 2.95. The van der Waals surface area contributed by atoms with Crippen LogP contribution in [0.4, 0.5) is 5.69 Å². The molecule has 10 nitrogen and oxygen atoms in total. The molecule has 2 amide bonds. The Morgan fingerprint density at radius 3 is 2.12 bits per heavy atom. The summed E-state index contributed by atoms with van der Waals surface area (Å²) in [5.41, 5.74) is 0.981. The van der Waals surface area contributed by atoms with E-state index in [1.807, 2.05) is 19.1 Å². The van der Waals surface area contributed by atoms with Crippen LogP contribution in [0.15, 0.2) is 42.5 Å². The minimum atomic E-state index is -3.91. The number of ether oxygens (including phenoxy) is 3. The SMILES string of the molecule is CCC(C(=O)NC1CCCCC1)N(Cc1ccc(OC)cc1)C(=O)CN(c1ccc(OC)cc1OC)S(C)(=O)=O. The Balaban J connectivity index is 1.96. The van der Waals surface area contributed by atoms with E-state index in [1.54, 1.807) is 31.4 Å². The molecule has 0 aliphatic heterocycles. The quantitative estimate of drug-likeness (QED) is 0.387. The number of nitrogens with zero attached hydrogens (tertiary/aromatic N) is 2. The van der Waals surface area contributed by atoms with Crippen molar-refractivity contribution in [3.63, 3.8) is 0 Å². The molecule has 1 aliphatic carbocycles. The third-order valence-corrected chi connectivity index (χ3v) is 8.31. The number of amides is 2. The second-order valence-corrected chi connectivity index (χ2v) is 11.9. The zero-order chi connectivity index (χ0) is 29.3. The number of nitrogens with one attached hydrogen (secondary N) is 1. The summed E-state index contributed by atoms with van der Waals surface area (Å²) in [6.07, 6.45) is 6.49. The van der Waals surface area contributed by atoms with Gasteiger partial charge in [-0.1, -0.05) is 38.3 Å². The number of carbonyl (C=O) groups excluding carboxylic acids is 2. The molecule has 1 unspecified atom stereocenters. The predicted molar refractivity (Wildman–Crippen MR) is 154 cm³/mol. The van der Waals surface area contributed by atoms with E-state index >= 15 is 0 Å². The Hall–Kier alpha value is -3.47. The van der Waals surface area contributed by atoms with Crippen molar-refractivity contribution in [2.24, 2.45) is 0 Å². The lowest BCUT2D eigenvalue weighted by molar-refractivity contribution is -0.140. The molecule has 0 aromatic heterocycles. The van der Waals surface area contributed by atoms with Gasteiger partial charge in [-0.05, 0) is 49.1 Å². The van der Waals surface area contributed by atoms with Crippen molar-refractivity contribution in [1.82, 2.24) is 10.2 Å². The predicted octanol–water partition coefficient (Wildman–Crippen LogP) is 3.73. The number of hydrogen-bond acceptors (Lipinski definition) is 7. The van der Waals surface area contributed by atoms with Gasteiger partial charge in [0.2, 0.25) is 21.8 Å². The maximum Gasteiger partial charge on any atom is 0.244 e. The van der Waals surface area contributed by atoms with Crippen molar-refractivity contribution in [2.75, 3.05) is 38.4 Å². The maximum atomic E-state index is 14.0. The van der Waals surface area contributed by atoms with Gasteiger partial charge < -0.3 is 24.4 Å². The van der Waals surface area contributed by atoms with Crippen LogP contribution in [0.3, 0.4) is 0 Å². The third kappa shape index (κ3) is 8.03. The normalized spacial score (nSPS) is 14.6. The van der Waals surface area contributed by atoms with Gasteiger partial charge in [0.05, 0.1) is 33.3 Å². The van der Waals surface area contributed by atoms with Crippen molar-refractivity contribution >= 4 is 27.5 Å². The molecule has 1 saturated carbocycles. The number of benzene rings is 2. The van der Waals surface area contributed by atoms with E-state index < -0.39 is 28.5 Å². The first kappa shape index (κ1) is 31.1. The minimum absolute atomic E-state index is 0.0734. The summed E-state index contributed by atoms with van der Waals surface area (Å²) in [4.78, 5) is 28.9. The first-order valence-corrected chi connectivity index (χ1v) is 15.4. The number of anilines is 1. The van der Waals surface area contributed by atoms with Gasteiger partial charge in [-0.3, -0.25) is 13.9 Å². The highest BCUT2D eigenvalue weighted by Gasteiger charge is 2.33. The molecule has 1 aliphatic rings. The first-order chi connectivity index (χ1) is 19.1. The molecule has 220 valence electrons. The fraction of sp³-hybridized carbons (Fsp3) is 0.517. The summed E-state index contributed by atoms with van der Waals surface area (Å²) in [7, 11) is 0.571. The van der Waals surface area contributed by atoms with Gasteiger partial charge in [-0.2, -0.15) is 0 Å². The van der Waals surface area contributed by atoms with E-state index in [1.165, 1.54) is 25.2 Å². The van der Waals surface area contributed by atoms with Crippen LogP contribution < -0.4 is 23.8 Å². The molecule has 0 spiro atoms. The Bertz CT molecular complexity index is 1240. The molecule has 40 heavy (non-hydrogen) atoms. The molecule has 1 fully saturated rings. The Kier molecular flexibility index (Phi) is 11.1. The molecule has 1 atom stereocenters. The summed E-state index contributed by atoms with van der Waals surface area (Å²) >= 11 is 0. The van der Waals surface area contributed by atoms with E-state index in [-0.39, 0.29) is 29.9 Å². The summed E-state index contributed by atoms with van der Waals surface area (Å²) in [6, 6.07) is 11.2. The van der Waals surface area contributed by atoms with Gasteiger partial charge in [0.1, 0.15) is 29.8 Å². The van der Waals surface area contributed by atoms with Crippen LogP contribution in [0.5, 0.6) is 17.2 Å². The molecule has 2 aromatic rings. The largest absolute Gasteiger partial charge is 0.497 e. The fourth-order valence-electron chi connectivity index (χ4n) is 4.98. The molecule has 11 heteroatoms. The van der Waals surface area contributed by atoms with Gasteiger partial charge in [-0.15, -0.1) is 0 Å². The Morgan fingerprint density at radius 1 is 0.950 bits per heavy atom. The molecule has 2 aromatic carbocycles. The van der Waals surface area contributed by atoms with Crippen LogP contribution in [-0.4, -0.2) is 71.3 Å². The number of methoxy groups -OCH3 is 3. The Labute approximate surface area is 237 Å². The van der Waals surface area contributed by atoms with Crippen molar-refractivity contribution in [2.45, 2.75) is 64.1 Å². The second kappa shape index (κ2) is 14.2. The highest BCUT2D eigenvalue weighted by Crippen LogP contribution is 2.34. The smallest absolute Gasteiger partial charge is 0.244 e. The molecule has 0 saturated heterocycles. The van der Waals surface area contributed by atoms with Gasteiger partial charge >= 0.3 is 0 Å². The summed E-state index contributed by atoms with van der Waals surface area (Å²) < 4.78 is 42.8. The van der Waals surface area contributed by atoms with Crippen LogP contribution in [0.1, 0.15) is 51.0 Å². The number of sulfonamides is 1. The minimum Gasteiger partial charge on any atom is -0.497 e. The summed E-state index contributed by atoms with van der Waals surface area (Å²) in [5, 5.41) is 3.14. The first-order valence-electron chi connectivity index (χ1n) is 13.5. The number of hydrogen-bond donors (Lipinski definition) is 1. The van der Waals surface area contributed by atoms with E-state index in [4.69, 9.17) is 14.2 Å². The average molecular weight is 576 g/mol. The topological polar surface area (TPSA) is 114 Å². The number of rotatable bonds is 13. The van der Waals surface area contributed by atoms with Gasteiger partial charge in [0.25, 0.3) is 0 Å². The van der Waals surface area contributed by atoms with Crippen molar-refractivity contribution in [1.29, 1.82) is 0 Å². The van der Waals surface area contributed by atoms with Crippen LogP contribution in [-0.2, 0) is 26.2 Å². The monoisotopic (exact) mass is 575 g/mol. The van der Waals surface area contributed by atoms with Crippen LogP contribution in [0.2, 0.25) is 0 Å². The van der Waals surface area contributed by atoms with Crippen molar-refractivity contribution < 1.29 is 32.2 Å². The lowest BCUT2D eigenvalue weighted by Crippen LogP contribution is -2.54. The summed E-state index contributed by atoms with van der Waals surface area (Å²) in [5.74, 6) is 0.640. The number of carbonyl (C=O) groups is 2. The summed E-state index contributed by atoms with van der Waals surface area (Å²) in [6.45, 7) is 1.46. The molecule has 0 bridgehead atoms. The fourth-order valence-corrected chi connectivity index (χ4v) is 5.83. The van der Waals surface area contributed by atoms with Crippen LogP contribution in [0, 0.1) is 0 Å². The molecule has 0 heterocycles. The zero-order valence-corrected chi connectivity index (χ0v) is 24.8. The van der Waals surface area contributed by atoms with Crippen LogP contribution in [0.25, 0.3) is 0 Å². The lowest BCUT2D eigenvalue weighted by Gasteiger charge is -2.34. The maximum absolute atomic E-state index is 14.0. The highest BCUT2D eigenvalue weighted by molar-refractivity contribution is 7.92. The standard InChI is InChI=1S/C29H41N3O7S/c1-6-25(29(34)30-22-10-8-7-9-11-22)31(19-21-12-14-23(37-2)15-13-21)28(33)20-32(40(5,35)36)26-17-16-24(38-3)18-27(26)39-4/h12-18,22,25H,6-11,19-20H2,1-5H3,(H,30,34). The second-order valence-electron chi connectivity index (χ2n) is 9.94. The van der Waals surface area contributed by atoms with E-state index in [9.17, 15) is 18.0 Å². The van der Waals surface area contributed by atoms with Crippen LogP contribution >= 0.6 is 0 Å². The molecule has 3 rings (SSSR count). The molecule has 1 N–H and O–H groups in total. The van der Waals surface area contributed by atoms with Crippen molar-refractivity contribution in [3.8, 4) is 17.2 Å². The van der Waals surface area contributed by atoms with E-state index in [0.717, 1.165) is 48.2 Å². The van der Waals surface area contributed by atoms with Crippen molar-refractivity contribution in [3.05, 3.63) is 48.0 Å². The van der Waals surface area contributed by atoms with E-state index in [0.29, 0.717) is 17.9 Å². The highest BCUT2D eigenvalue weighted by atomic mass is 32.2. The van der Waals surface area contributed by atoms with Gasteiger partial charge in [0, 0.05) is 18.7 Å². The van der Waals surface area contributed by atoms with Gasteiger partial charge in [-0.25, -0.2) is 8.42 Å². The van der Waals surface area contributed by atoms with Gasteiger partial charge in [0.15, 0.2) is 0 Å². The molecular weight excluding hydrogens is 534 g/mol. The lowest BCUT2D eigenvalue weighted by atomic mass is 9.95. The zero-order valence-electron chi connectivity index (χ0n) is 24.0. The Morgan fingerprint density at radius 2 is 1.57 bits per heavy atom. The third-order valence-electron chi connectivity index (χ3n) is 7.18. The molecule has 0 radical (unpaired) electrons. The molecular formula is C29H41N3O7S.